The Morgan fingerprint density at radius 1 is 1.10 bits per heavy atom. The lowest BCUT2D eigenvalue weighted by Crippen LogP contribution is -2.15. The Labute approximate surface area is 187 Å². The van der Waals surface area contributed by atoms with E-state index in [9.17, 15) is 9.18 Å². The highest BCUT2D eigenvalue weighted by Gasteiger charge is 2.19. The molecule has 2 aromatic carbocycles. The minimum Gasteiger partial charge on any atom is -0.310 e. The molecule has 1 N–H and O–H groups in total. The number of rotatable bonds is 6. The number of hydrogen-bond acceptors (Lipinski definition) is 5. The van der Waals surface area contributed by atoms with Crippen LogP contribution < -0.4 is 5.32 Å². The number of benzene rings is 2. The summed E-state index contributed by atoms with van der Waals surface area (Å²) in [5.74, 6) is 0.189. The predicted octanol–water partition coefficient (Wildman–Crippen LogP) is 5.16. The lowest BCUT2D eigenvalue weighted by molar-refractivity contribution is -0.113. The van der Waals surface area contributed by atoms with Crippen LogP contribution in [0, 0.1) is 12.7 Å². The Balaban J connectivity index is 1.61. The Kier molecular flexibility index (Phi) is 6.29. The second-order valence-electron chi connectivity index (χ2n) is 6.66. The minimum atomic E-state index is -0.397. The summed E-state index contributed by atoms with van der Waals surface area (Å²) in [5.41, 5.74) is 2.20. The molecule has 9 heteroatoms. The second-order valence-corrected chi connectivity index (χ2v) is 8.03. The SMILES string of the molecule is Cc1ccc(-n2c(SCC(=O)Nc3ccc(Cl)cn3)nnc2-c2ccccc2F)cc1. The van der Waals surface area contributed by atoms with Gasteiger partial charge in [-0.15, -0.1) is 10.2 Å². The van der Waals surface area contributed by atoms with Gasteiger partial charge in [0.05, 0.1) is 16.3 Å². The molecule has 156 valence electrons. The minimum absolute atomic E-state index is 0.0750. The first kappa shape index (κ1) is 21.0. The quantitative estimate of drug-likeness (QED) is 0.408. The molecule has 0 aliphatic heterocycles. The summed E-state index contributed by atoms with van der Waals surface area (Å²) in [6.45, 7) is 1.98. The number of nitrogens with zero attached hydrogens (tertiary/aromatic N) is 4. The first-order valence-electron chi connectivity index (χ1n) is 9.33. The first-order chi connectivity index (χ1) is 15.0. The van der Waals surface area contributed by atoms with Crippen molar-refractivity contribution in [2.75, 3.05) is 11.1 Å². The van der Waals surface area contributed by atoms with Gasteiger partial charge in [-0.2, -0.15) is 0 Å². The molecule has 2 heterocycles. The number of amides is 1. The van der Waals surface area contributed by atoms with Crippen molar-refractivity contribution in [2.45, 2.75) is 12.1 Å². The van der Waals surface area contributed by atoms with E-state index in [2.05, 4.69) is 20.5 Å². The zero-order valence-electron chi connectivity index (χ0n) is 16.4. The van der Waals surface area contributed by atoms with Crippen molar-refractivity contribution < 1.29 is 9.18 Å². The Hall–Kier alpha value is -3.23. The molecule has 0 spiro atoms. The zero-order valence-corrected chi connectivity index (χ0v) is 18.0. The molecule has 0 bridgehead atoms. The van der Waals surface area contributed by atoms with Crippen molar-refractivity contribution >= 4 is 35.1 Å². The van der Waals surface area contributed by atoms with Crippen LogP contribution in [0.1, 0.15) is 5.56 Å². The van der Waals surface area contributed by atoms with Gasteiger partial charge in [0, 0.05) is 11.9 Å². The fraction of sp³-hybridized carbons (Fsp3) is 0.0909. The van der Waals surface area contributed by atoms with Crippen molar-refractivity contribution in [1.82, 2.24) is 19.7 Å². The lowest BCUT2D eigenvalue weighted by atomic mass is 10.2. The maximum absolute atomic E-state index is 14.5. The molecule has 0 saturated heterocycles. The van der Waals surface area contributed by atoms with Crippen LogP contribution in [0.25, 0.3) is 17.1 Å². The fourth-order valence-corrected chi connectivity index (χ4v) is 3.73. The third-order valence-electron chi connectivity index (χ3n) is 4.37. The summed E-state index contributed by atoms with van der Waals surface area (Å²) in [7, 11) is 0. The third-order valence-corrected chi connectivity index (χ3v) is 5.52. The van der Waals surface area contributed by atoms with Gasteiger partial charge >= 0.3 is 0 Å². The number of thioether (sulfide) groups is 1. The first-order valence-corrected chi connectivity index (χ1v) is 10.7. The molecule has 6 nitrogen and oxygen atoms in total. The van der Waals surface area contributed by atoms with E-state index in [4.69, 9.17) is 11.6 Å². The van der Waals surface area contributed by atoms with Gasteiger partial charge in [0.1, 0.15) is 11.6 Å². The Morgan fingerprint density at radius 3 is 2.58 bits per heavy atom. The number of carbonyl (C=O) groups excluding carboxylic acids is 1. The van der Waals surface area contributed by atoms with Gasteiger partial charge in [-0.1, -0.05) is 53.2 Å². The molecule has 31 heavy (non-hydrogen) atoms. The van der Waals surface area contributed by atoms with Crippen molar-refractivity contribution in [1.29, 1.82) is 0 Å². The molecule has 0 atom stereocenters. The van der Waals surface area contributed by atoms with Gasteiger partial charge in [0.15, 0.2) is 11.0 Å². The number of anilines is 1. The van der Waals surface area contributed by atoms with Crippen molar-refractivity contribution in [3.05, 3.63) is 83.3 Å². The van der Waals surface area contributed by atoms with E-state index in [1.807, 2.05) is 31.2 Å². The molecule has 0 aliphatic rings. The van der Waals surface area contributed by atoms with E-state index in [0.717, 1.165) is 11.3 Å². The molecule has 0 saturated carbocycles. The van der Waals surface area contributed by atoms with Crippen LogP contribution in [-0.4, -0.2) is 31.4 Å². The van der Waals surface area contributed by atoms with Crippen molar-refractivity contribution in [2.24, 2.45) is 0 Å². The second kappa shape index (κ2) is 9.28. The van der Waals surface area contributed by atoms with Crippen LogP contribution >= 0.6 is 23.4 Å². The normalized spacial score (nSPS) is 10.8. The number of halogens is 2. The summed E-state index contributed by atoms with van der Waals surface area (Å²) >= 11 is 7.01. The van der Waals surface area contributed by atoms with Gasteiger partial charge < -0.3 is 5.32 Å². The topological polar surface area (TPSA) is 72.7 Å². The van der Waals surface area contributed by atoms with E-state index in [1.54, 1.807) is 34.9 Å². The highest BCUT2D eigenvalue weighted by Crippen LogP contribution is 2.29. The van der Waals surface area contributed by atoms with E-state index in [1.165, 1.54) is 24.0 Å². The van der Waals surface area contributed by atoms with Gasteiger partial charge in [0.2, 0.25) is 5.91 Å². The van der Waals surface area contributed by atoms with Gasteiger partial charge in [-0.05, 0) is 43.3 Å². The van der Waals surface area contributed by atoms with Gasteiger partial charge in [-0.3, -0.25) is 9.36 Å². The largest absolute Gasteiger partial charge is 0.310 e. The molecule has 0 fully saturated rings. The van der Waals surface area contributed by atoms with Crippen molar-refractivity contribution in [3.8, 4) is 17.1 Å². The van der Waals surface area contributed by atoms with Gasteiger partial charge in [0.25, 0.3) is 0 Å². The average Bonchev–Trinajstić information content (AvgIpc) is 3.18. The summed E-state index contributed by atoms with van der Waals surface area (Å²) in [6.07, 6.45) is 1.46. The number of pyridine rings is 1. The summed E-state index contributed by atoms with van der Waals surface area (Å²) in [5, 5.41) is 12.1. The van der Waals surface area contributed by atoms with Crippen LogP contribution in [0.15, 0.2) is 72.0 Å². The number of nitrogens with one attached hydrogen (secondary N) is 1. The van der Waals surface area contributed by atoms with E-state index in [-0.39, 0.29) is 11.7 Å². The van der Waals surface area contributed by atoms with Crippen LogP contribution in [0.2, 0.25) is 5.02 Å². The van der Waals surface area contributed by atoms with Crippen LogP contribution in [-0.2, 0) is 4.79 Å². The molecule has 0 unspecified atom stereocenters. The summed E-state index contributed by atoms with van der Waals surface area (Å²) in [6, 6.07) is 17.4. The predicted molar refractivity (Wildman–Crippen MR) is 120 cm³/mol. The van der Waals surface area contributed by atoms with E-state index >= 15 is 0 Å². The monoisotopic (exact) mass is 453 g/mol. The molecular formula is C22H17ClFN5OS. The smallest absolute Gasteiger partial charge is 0.236 e. The van der Waals surface area contributed by atoms with E-state index in [0.29, 0.717) is 27.4 Å². The number of aromatic nitrogens is 4. The van der Waals surface area contributed by atoms with E-state index < -0.39 is 5.82 Å². The maximum Gasteiger partial charge on any atom is 0.236 e. The van der Waals surface area contributed by atoms with Crippen molar-refractivity contribution in [3.63, 3.8) is 0 Å². The molecule has 1 amide bonds. The average molecular weight is 454 g/mol. The Morgan fingerprint density at radius 2 is 1.87 bits per heavy atom. The molecular weight excluding hydrogens is 437 g/mol. The van der Waals surface area contributed by atoms with Gasteiger partial charge in [-0.25, -0.2) is 9.37 Å². The van der Waals surface area contributed by atoms with Crippen LogP contribution in [0.5, 0.6) is 0 Å². The highest BCUT2D eigenvalue weighted by molar-refractivity contribution is 7.99. The van der Waals surface area contributed by atoms with Crippen LogP contribution in [0.3, 0.4) is 0 Å². The molecule has 2 aromatic heterocycles. The molecule has 0 radical (unpaired) electrons. The summed E-state index contributed by atoms with van der Waals surface area (Å²) < 4.78 is 16.2. The van der Waals surface area contributed by atoms with Crippen LogP contribution in [0.4, 0.5) is 10.2 Å². The number of carbonyl (C=O) groups is 1. The number of aryl methyl sites for hydroxylation is 1. The lowest BCUT2D eigenvalue weighted by Gasteiger charge is -2.11. The number of hydrogen-bond donors (Lipinski definition) is 1. The highest BCUT2D eigenvalue weighted by atomic mass is 35.5. The molecule has 0 aliphatic carbocycles. The molecule has 4 rings (SSSR count). The summed E-state index contributed by atoms with van der Waals surface area (Å²) in [4.78, 5) is 16.4. The fourth-order valence-electron chi connectivity index (χ4n) is 2.87. The third kappa shape index (κ3) is 4.92. The maximum atomic E-state index is 14.5. The zero-order chi connectivity index (χ0) is 21.8. The standard InChI is InChI=1S/C22H17ClFN5OS/c1-14-6-9-16(10-7-14)29-21(17-4-2-3-5-18(17)24)27-28-22(29)31-13-20(30)26-19-11-8-15(23)12-25-19/h2-12H,13H2,1H3,(H,25,26,30). The Bertz CT molecular complexity index is 1210. The molecule has 4 aromatic rings.